The number of carbonyl (C=O) groups excluding carboxylic acids is 1. The van der Waals surface area contributed by atoms with E-state index in [4.69, 9.17) is 0 Å². The first kappa shape index (κ1) is 17.1. The van der Waals surface area contributed by atoms with Crippen molar-refractivity contribution in [1.29, 1.82) is 0 Å². The zero-order valence-electron chi connectivity index (χ0n) is 15.4. The molecule has 0 unspecified atom stereocenters. The van der Waals surface area contributed by atoms with Gasteiger partial charge in [-0.15, -0.1) is 0 Å². The third-order valence-corrected chi connectivity index (χ3v) is 6.88. The number of alkyl halides is 2. The predicted octanol–water partition coefficient (Wildman–Crippen LogP) is 3.92. The summed E-state index contributed by atoms with van der Waals surface area (Å²) in [5.41, 5.74) is 0.912. The summed E-state index contributed by atoms with van der Waals surface area (Å²) in [4.78, 5) is 17.1. The van der Waals surface area contributed by atoms with Crippen LogP contribution in [0.2, 0.25) is 0 Å². The van der Waals surface area contributed by atoms with E-state index in [0.29, 0.717) is 12.2 Å². The number of hydrogen-bond acceptors (Lipinski definition) is 3. The first-order valence-corrected chi connectivity index (χ1v) is 9.84. The van der Waals surface area contributed by atoms with Crippen LogP contribution in [0.15, 0.2) is 12.3 Å². The molecular weight excluding hydrogens is 350 g/mol. The molecule has 2 heterocycles. The third kappa shape index (κ3) is 2.82. The lowest BCUT2D eigenvalue weighted by Gasteiger charge is -2.56. The Kier molecular flexibility index (Phi) is 3.78. The van der Waals surface area contributed by atoms with Gasteiger partial charge in [-0.2, -0.15) is 5.10 Å². The zero-order valence-corrected chi connectivity index (χ0v) is 15.4. The Morgan fingerprint density at radius 2 is 1.89 bits per heavy atom. The van der Waals surface area contributed by atoms with Crippen LogP contribution in [-0.2, 0) is 0 Å². The van der Waals surface area contributed by atoms with E-state index in [1.54, 1.807) is 6.92 Å². The van der Waals surface area contributed by atoms with Crippen molar-refractivity contribution in [2.75, 3.05) is 6.54 Å². The quantitative estimate of drug-likeness (QED) is 0.882. The van der Waals surface area contributed by atoms with Gasteiger partial charge >= 0.3 is 0 Å². The van der Waals surface area contributed by atoms with Crippen molar-refractivity contribution in [3.8, 4) is 0 Å². The maximum atomic E-state index is 13.3. The van der Waals surface area contributed by atoms with Crippen LogP contribution in [-0.4, -0.2) is 27.0 Å². The number of amides is 1. The maximum absolute atomic E-state index is 13.3. The molecule has 5 nitrogen and oxygen atoms in total. The molecule has 6 rings (SSSR count). The number of halogens is 2. The van der Waals surface area contributed by atoms with Gasteiger partial charge in [0.15, 0.2) is 5.65 Å². The number of rotatable bonds is 4. The molecule has 1 amide bonds. The van der Waals surface area contributed by atoms with Crippen LogP contribution in [0.3, 0.4) is 0 Å². The van der Waals surface area contributed by atoms with E-state index < -0.39 is 6.43 Å². The van der Waals surface area contributed by atoms with Gasteiger partial charge in [-0.1, -0.05) is 0 Å². The van der Waals surface area contributed by atoms with Crippen LogP contribution in [0, 0.1) is 30.1 Å². The molecule has 27 heavy (non-hydrogen) atoms. The highest BCUT2D eigenvalue weighted by atomic mass is 19.3. The average Bonchev–Trinajstić information content (AvgIpc) is 3.01. The highest BCUT2D eigenvalue weighted by Gasteiger charge is 2.50. The highest BCUT2D eigenvalue weighted by molar-refractivity contribution is 5.99. The van der Waals surface area contributed by atoms with Crippen molar-refractivity contribution in [3.63, 3.8) is 0 Å². The molecule has 4 aliphatic carbocycles. The van der Waals surface area contributed by atoms with Crippen molar-refractivity contribution in [2.45, 2.75) is 51.9 Å². The van der Waals surface area contributed by atoms with Gasteiger partial charge in [0.2, 0.25) is 0 Å². The number of aryl methyl sites for hydroxylation is 1. The molecule has 1 N–H and O–H groups in total. The van der Waals surface area contributed by atoms with Gasteiger partial charge in [0.1, 0.15) is 11.3 Å². The van der Waals surface area contributed by atoms with E-state index in [0.717, 1.165) is 22.3 Å². The summed E-state index contributed by atoms with van der Waals surface area (Å²) < 4.78 is 27.6. The van der Waals surface area contributed by atoms with Gasteiger partial charge in [0.25, 0.3) is 12.3 Å². The van der Waals surface area contributed by atoms with Gasteiger partial charge in [-0.25, -0.2) is 18.3 Å². The third-order valence-electron chi connectivity index (χ3n) is 6.88. The Morgan fingerprint density at radius 3 is 2.48 bits per heavy atom. The van der Waals surface area contributed by atoms with Crippen molar-refractivity contribution >= 4 is 11.6 Å². The largest absolute Gasteiger partial charge is 0.351 e. The monoisotopic (exact) mass is 374 g/mol. The second-order valence-electron chi connectivity index (χ2n) is 9.02. The average molecular weight is 374 g/mol. The summed E-state index contributed by atoms with van der Waals surface area (Å²) in [7, 11) is 0. The molecule has 0 radical (unpaired) electrons. The number of aromatic nitrogens is 3. The summed E-state index contributed by atoms with van der Waals surface area (Å²) in [5, 5.41) is 7.07. The number of nitrogens with one attached hydrogen (secondary N) is 1. The van der Waals surface area contributed by atoms with Gasteiger partial charge < -0.3 is 5.32 Å². The molecule has 0 spiro atoms. The predicted molar refractivity (Wildman–Crippen MR) is 95.6 cm³/mol. The Morgan fingerprint density at radius 1 is 1.26 bits per heavy atom. The molecule has 4 saturated carbocycles. The minimum absolute atomic E-state index is 0.202. The van der Waals surface area contributed by atoms with E-state index in [2.05, 4.69) is 15.4 Å². The van der Waals surface area contributed by atoms with Crippen LogP contribution in [0.1, 0.15) is 66.7 Å². The SMILES string of the molecule is Cc1cc(C(F)F)n2ncc(C(=O)NCC34CC5CC(CC(C5)C3)C4)c2n1. The molecule has 0 aromatic carbocycles. The Bertz CT molecular complexity index is 871. The topological polar surface area (TPSA) is 59.3 Å². The highest BCUT2D eigenvalue weighted by Crippen LogP contribution is 2.59. The minimum Gasteiger partial charge on any atom is -0.351 e. The molecule has 0 saturated heterocycles. The molecule has 0 atom stereocenters. The number of nitrogens with zero attached hydrogens (tertiary/aromatic N) is 3. The molecule has 2 aromatic rings. The molecule has 4 bridgehead atoms. The van der Waals surface area contributed by atoms with Crippen molar-refractivity contribution in [3.05, 3.63) is 29.2 Å². The van der Waals surface area contributed by atoms with Gasteiger partial charge in [-0.05, 0) is 74.7 Å². The summed E-state index contributed by atoms with van der Waals surface area (Å²) in [6.45, 7) is 2.32. The lowest BCUT2D eigenvalue weighted by Crippen LogP contribution is -2.51. The van der Waals surface area contributed by atoms with Gasteiger partial charge in [-0.3, -0.25) is 4.79 Å². The van der Waals surface area contributed by atoms with E-state index in [-0.39, 0.29) is 28.2 Å². The van der Waals surface area contributed by atoms with Crippen molar-refractivity contribution in [1.82, 2.24) is 19.9 Å². The van der Waals surface area contributed by atoms with E-state index >= 15 is 0 Å². The zero-order chi connectivity index (χ0) is 18.8. The molecule has 4 fully saturated rings. The lowest BCUT2D eigenvalue weighted by molar-refractivity contribution is -0.0503. The first-order chi connectivity index (χ1) is 12.9. The molecule has 2 aromatic heterocycles. The second-order valence-corrected chi connectivity index (χ2v) is 9.02. The molecule has 4 aliphatic rings. The second kappa shape index (κ2) is 5.97. The number of carbonyl (C=O) groups is 1. The molecule has 0 aliphatic heterocycles. The Labute approximate surface area is 156 Å². The van der Waals surface area contributed by atoms with Crippen LogP contribution < -0.4 is 5.32 Å². The standard InChI is InChI=1S/C20H24F2N4O/c1-11-2-16(17(21)22)26-18(25-11)15(9-24-26)19(27)23-10-20-6-12-3-13(7-20)5-14(4-12)8-20/h2,9,12-14,17H,3-8,10H2,1H3,(H,23,27). The smallest absolute Gasteiger partial charge is 0.280 e. The maximum Gasteiger partial charge on any atom is 0.280 e. The summed E-state index contributed by atoms with van der Waals surface area (Å²) in [5.74, 6) is 2.20. The lowest BCUT2D eigenvalue weighted by atomic mass is 9.49. The summed E-state index contributed by atoms with van der Waals surface area (Å²) >= 11 is 0. The number of fused-ring (bicyclic) bond motifs is 1. The van der Waals surface area contributed by atoms with Crippen molar-refractivity contribution < 1.29 is 13.6 Å². The van der Waals surface area contributed by atoms with E-state index in [9.17, 15) is 13.6 Å². The van der Waals surface area contributed by atoms with Crippen LogP contribution in [0.5, 0.6) is 0 Å². The normalized spacial score (nSPS) is 31.8. The minimum atomic E-state index is -2.67. The fourth-order valence-corrected chi connectivity index (χ4v) is 6.30. The summed E-state index contributed by atoms with van der Waals surface area (Å²) in [6.07, 6.45) is 6.39. The van der Waals surface area contributed by atoms with Crippen LogP contribution >= 0.6 is 0 Å². The van der Waals surface area contributed by atoms with Crippen molar-refractivity contribution in [2.24, 2.45) is 23.2 Å². The number of hydrogen-bond donors (Lipinski definition) is 1. The summed E-state index contributed by atoms with van der Waals surface area (Å²) in [6, 6.07) is 1.31. The van der Waals surface area contributed by atoms with E-state index in [1.807, 2.05) is 0 Å². The molecule has 144 valence electrons. The molecular formula is C20H24F2N4O. The van der Waals surface area contributed by atoms with E-state index in [1.165, 1.54) is 50.8 Å². The van der Waals surface area contributed by atoms with Gasteiger partial charge in [0.05, 0.1) is 6.20 Å². The molecule has 7 heteroatoms. The Hall–Kier alpha value is -2.05. The Balaban J connectivity index is 1.38. The first-order valence-electron chi connectivity index (χ1n) is 9.84. The van der Waals surface area contributed by atoms with Crippen LogP contribution in [0.25, 0.3) is 5.65 Å². The fourth-order valence-electron chi connectivity index (χ4n) is 6.30. The fraction of sp³-hybridized carbons (Fsp3) is 0.650. The van der Waals surface area contributed by atoms with Crippen LogP contribution in [0.4, 0.5) is 8.78 Å². The van der Waals surface area contributed by atoms with Gasteiger partial charge in [0, 0.05) is 12.2 Å².